The number of cyclic esters (lactones) is 1. The minimum absolute atomic E-state index is 0.000722. The van der Waals surface area contributed by atoms with Crippen LogP contribution in [0.25, 0.3) is 0 Å². The van der Waals surface area contributed by atoms with Crippen LogP contribution in [0, 0.1) is 0 Å². The minimum atomic E-state index is -1.35. The number of para-hydroxylation sites is 1. The first-order chi connectivity index (χ1) is 10.6. The van der Waals surface area contributed by atoms with Gasteiger partial charge in [0.1, 0.15) is 0 Å². The summed E-state index contributed by atoms with van der Waals surface area (Å²) in [6, 6.07) is 9.18. The van der Waals surface area contributed by atoms with Gasteiger partial charge in [0, 0.05) is 13.1 Å². The van der Waals surface area contributed by atoms with Gasteiger partial charge in [-0.3, -0.25) is 4.90 Å². The van der Waals surface area contributed by atoms with Crippen molar-refractivity contribution in [1.82, 2.24) is 4.90 Å². The van der Waals surface area contributed by atoms with Crippen LogP contribution in [-0.2, 0) is 4.74 Å². The lowest BCUT2D eigenvalue weighted by molar-refractivity contribution is -0.114. The summed E-state index contributed by atoms with van der Waals surface area (Å²) in [5.74, 6) is -1.35. The molecule has 0 radical (unpaired) electrons. The summed E-state index contributed by atoms with van der Waals surface area (Å²) in [4.78, 5) is 15.2. The smallest absolute Gasteiger partial charge is 0.418 e. The fourth-order valence-electron chi connectivity index (χ4n) is 2.81. The number of anilines is 1. The van der Waals surface area contributed by atoms with Gasteiger partial charge in [0.25, 0.3) is 0 Å². The number of benzene rings is 1. The molecule has 3 rings (SSSR count). The summed E-state index contributed by atoms with van der Waals surface area (Å²) in [5, 5.41) is 10.9. The molecule has 0 saturated carbocycles. The van der Waals surface area contributed by atoms with Crippen molar-refractivity contribution in [3.63, 3.8) is 0 Å². The maximum absolute atomic E-state index is 12.0. The molecule has 2 aliphatic heterocycles. The molecule has 1 atom stereocenters. The number of carbonyl (C=O) groups is 1. The van der Waals surface area contributed by atoms with E-state index in [1.807, 2.05) is 42.2 Å². The monoisotopic (exact) mass is 304 g/mol. The van der Waals surface area contributed by atoms with Gasteiger partial charge < -0.3 is 9.84 Å². The van der Waals surface area contributed by atoms with Gasteiger partial charge in [0.05, 0.1) is 5.69 Å². The second-order valence-corrected chi connectivity index (χ2v) is 5.46. The van der Waals surface area contributed by atoms with Crippen LogP contribution in [0.15, 0.2) is 43.0 Å². The Hall–Kier alpha value is -1.85. The van der Waals surface area contributed by atoms with Crippen LogP contribution >= 0.6 is 0 Å². The van der Waals surface area contributed by atoms with Crippen molar-refractivity contribution >= 4 is 11.8 Å². The molecule has 1 unspecified atom stereocenters. The fraction of sp³-hybridized carbons (Fsp3) is 0.471. The molecule has 1 N–H and O–H groups in total. The molecule has 5 nitrogen and oxygen atoms in total. The van der Waals surface area contributed by atoms with E-state index in [9.17, 15) is 9.90 Å². The molecule has 5 heteroatoms. The van der Waals surface area contributed by atoms with Crippen LogP contribution in [-0.4, -0.2) is 41.6 Å². The Morgan fingerprint density at radius 2 is 1.82 bits per heavy atom. The zero-order chi connectivity index (χ0) is 16.0. The first kappa shape index (κ1) is 16.5. The number of hydrogen-bond donors (Lipinski definition) is 1. The van der Waals surface area contributed by atoms with Gasteiger partial charge in [-0.2, -0.15) is 0 Å². The number of allylic oxidation sites excluding steroid dienone is 1. The molecule has 2 fully saturated rings. The SMILES string of the molecule is C=CC.O=C1OCC(O)(N2CCCCC2)N1c1ccccc1. The molecule has 0 aliphatic carbocycles. The summed E-state index contributed by atoms with van der Waals surface area (Å²) in [6.45, 7) is 6.83. The summed E-state index contributed by atoms with van der Waals surface area (Å²) in [6.07, 6.45) is 4.52. The Morgan fingerprint density at radius 3 is 2.41 bits per heavy atom. The standard InChI is InChI=1S/C14H18N2O3.C3H6/c17-13-16(12-7-3-1-4-8-12)14(18,11-19-13)15-9-5-2-6-10-15;1-3-2/h1,3-4,7-8,18H,2,5-6,9-11H2;3H,1H2,2H3. The van der Waals surface area contributed by atoms with Crippen molar-refractivity contribution in [2.24, 2.45) is 0 Å². The summed E-state index contributed by atoms with van der Waals surface area (Å²) in [5.41, 5.74) is 0.665. The first-order valence-electron chi connectivity index (χ1n) is 7.70. The molecule has 0 spiro atoms. The highest BCUT2D eigenvalue weighted by Gasteiger charge is 2.51. The summed E-state index contributed by atoms with van der Waals surface area (Å²) < 4.78 is 5.08. The minimum Gasteiger partial charge on any atom is -0.442 e. The fourth-order valence-corrected chi connectivity index (χ4v) is 2.81. The van der Waals surface area contributed by atoms with Crippen molar-refractivity contribution in [2.45, 2.75) is 32.0 Å². The second-order valence-electron chi connectivity index (χ2n) is 5.46. The maximum Gasteiger partial charge on any atom is 0.418 e. The first-order valence-corrected chi connectivity index (χ1v) is 7.70. The predicted octanol–water partition coefficient (Wildman–Crippen LogP) is 2.97. The van der Waals surface area contributed by atoms with Gasteiger partial charge in [-0.25, -0.2) is 9.69 Å². The van der Waals surface area contributed by atoms with E-state index in [-0.39, 0.29) is 6.61 Å². The van der Waals surface area contributed by atoms with Crippen molar-refractivity contribution < 1.29 is 14.6 Å². The second kappa shape index (κ2) is 7.42. The number of amides is 1. The lowest BCUT2D eigenvalue weighted by Crippen LogP contribution is -2.61. The lowest BCUT2D eigenvalue weighted by atomic mass is 10.1. The zero-order valence-electron chi connectivity index (χ0n) is 13.1. The third-order valence-corrected chi connectivity index (χ3v) is 3.81. The van der Waals surface area contributed by atoms with Crippen LogP contribution in [0.5, 0.6) is 0 Å². The van der Waals surface area contributed by atoms with Gasteiger partial charge >= 0.3 is 6.09 Å². The number of hydrogen-bond acceptors (Lipinski definition) is 4. The van der Waals surface area contributed by atoms with Gasteiger partial charge in [-0.05, 0) is 31.9 Å². The van der Waals surface area contributed by atoms with Crippen LogP contribution in [0.1, 0.15) is 26.2 Å². The van der Waals surface area contributed by atoms with E-state index in [1.54, 1.807) is 6.08 Å². The lowest BCUT2D eigenvalue weighted by Gasteiger charge is -2.41. The third kappa shape index (κ3) is 3.31. The molecule has 1 aromatic carbocycles. The van der Waals surface area contributed by atoms with Crippen molar-refractivity contribution in [3.8, 4) is 0 Å². The Balaban J connectivity index is 0.000000545. The average molecular weight is 304 g/mol. The number of nitrogens with zero attached hydrogens (tertiary/aromatic N) is 2. The van der Waals surface area contributed by atoms with Crippen molar-refractivity contribution in [1.29, 1.82) is 0 Å². The summed E-state index contributed by atoms with van der Waals surface area (Å²) >= 11 is 0. The van der Waals surface area contributed by atoms with Gasteiger partial charge in [0.15, 0.2) is 6.61 Å². The highest BCUT2D eigenvalue weighted by atomic mass is 16.6. The normalized spacial score (nSPS) is 25.2. The molecule has 0 aromatic heterocycles. The Kier molecular flexibility index (Phi) is 5.57. The highest BCUT2D eigenvalue weighted by molar-refractivity contribution is 5.90. The average Bonchev–Trinajstić information content (AvgIpc) is 2.86. The van der Waals surface area contributed by atoms with Crippen LogP contribution in [0.4, 0.5) is 10.5 Å². The number of aliphatic hydroxyl groups is 1. The molecule has 2 heterocycles. The number of ether oxygens (including phenoxy) is 1. The van der Waals surface area contributed by atoms with Crippen molar-refractivity contribution in [3.05, 3.63) is 43.0 Å². The van der Waals surface area contributed by atoms with Gasteiger partial charge in [0.2, 0.25) is 5.85 Å². The maximum atomic E-state index is 12.0. The Morgan fingerprint density at radius 1 is 1.23 bits per heavy atom. The van der Waals surface area contributed by atoms with Gasteiger partial charge in [-0.1, -0.05) is 30.7 Å². The molecular weight excluding hydrogens is 280 g/mol. The molecule has 2 aliphatic rings. The van der Waals surface area contributed by atoms with E-state index in [0.29, 0.717) is 5.69 Å². The Labute approximate surface area is 131 Å². The zero-order valence-corrected chi connectivity index (χ0v) is 13.1. The highest BCUT2D eigenvalue weighted by Crippen LogP contribution is 2.33. The number of piperidine rings is 1. The Bertz CT molecular complexity index is 500. The molecular formula is C17H24N2O3. The quantitative estimate of drug-likeness (QED) is 0.854. The molecule has 0 bridgehead atoms. The predicted molar refractivity (Wildman–Crippen MR) is 86.5 cm³/mol. The van der Waals surface area contributed by atoms with E-state index in [1.165, 1.54) is 11.3 Å². The number of carbonyl (C=O) groups excluding carboxylic acids is 1. The number of rotatable bonds is 2. The van der Waals surface area contributed by atoms with E-state index in [2.05, 4.69) is 6.58 Å². The number of likely N-dealkylation sites (tertiary alicyclic amines) is 1. The van der Waals surface area contributed by atoms with Crippen LogP contribution < -0.4 is 4.90 Å². The van der Waals surface area contributed by atoms with E-state index >= 15 is 0 Å². The molecule has 1 aromatic rings. The molecule has 2 saturated heterocycles. The van der Waals surface area contributed by atoms with E-state index < -0.39 is 11.9 Å². The van der Waals surface area contributed by atoms with E-state index in [4.69, 9.17) is 4.74 Å². The van der Waals surface area contributed by atoms with Crippen LogP contribution in [0.3, 0.4) is 0 Å². The van der Waals surface area contributed by atoms with Crippen LogP contribution in [0.2, 0.25) is 0 Å². The summed E-state index contributed by atoms with van der Waals surface area (Å²) in [7, 11) is 0. The topological polar surface area (TPSA) is 53.0 Å². The molecule has 22 heavy (non-hydrogen) atoms. The third-order valence-electron chi connectivity index (χ3n) is 3.81. The van der Waals surface area contributed by atoms with E-state index in [0.717, 1.165) is 25.9 Å². The largest absolute Gasteiger partial charge is 0.442 e. The molecule has 1 amide bonds. The molecule has 120 valence electrons. The van der Waals surface area contributed by atoms with Gasteiger partial charge in [-0.15, -0.1) is 6.58 Å². The van der Waals surface area contributed by atoms with Crippen molar-refractivity contribution in [2.75, 3.05) is 24.6 Å².